The molecule has 7 heteroatoms. The van der Waals surface area contributed by atoms with Gasteiger partial charge in [-0.05, 0) is 22.6 Å². The Morgan fingerprint density at radius 1 is 1.00 bits per heavy atom. The van der Waals surface area contributed by atoms with E-state index in [1.54, 1.807) is 30.3 Å². The highest BCUT2D eigenvalue weighted by Gasteiger charge is 2.04. The number of nitrogens with zero attached hydrogens (tertiary/aromatic N) is 5. The van der Waals surface area contributed by atoms with Crippen LogP contribution in [0.15, 0.2) is 54.7 Å². The summed E-state index contributed by atoms with van der Waals surface area (Å²) >= 11 is 1.65. The maximum Gasteiger partial charge on any atom is 0.147 e. The van der Waals surface area contributed by atoms with Crippen molar-refractivity contribution in [2.45, 2.75) is 13.1 Å². The predicted octanol–water partition coefficient (Wildman–Crippen LogP) is 2.94. The number of aromatic nitrogens is 5. The summed E-state index contributed by atoms with van der Waals surface area (Å²) in [5, 5.41) is 9.53. The number of nitrogens with one attached hydrogen (secondary N) is 1. The average Bonchev–Trinajstić information content (AvgIpc) is 3.25. The molecule has 0 amide bonds. The Kier molecular flexibility index (Phi) is 3.69. The molecular weight excluding hydrogens is 308 g/mol. The van der Waals surface area contributed by atoms with Gasteiger partial charge in [0, 0.05) is 6.54 Å². The summed E-state index contributed by atoms with van der Waals surface area (Å²) in [5.74, 6) is 0.886. The molecule has 0 radical (unpaired) electrons. The van der Waals surface area contributed by atoms with E-state index in [0.717, 1.165) is 29.1 Å². The Morgan fingerprint density at radius 3 is 2.70 bits per heavy atom. The second-order valence-electron chi connectivity index (χ2n) is 5.12. The van der Waals surface area contributed by atoms with Crippen molar-refractivity contribution in [3.05, 3.63) is 65.8 Å². The van der Waals surface area contributed by atoms with Crippen molar-refractivity contribution in [2.75, 3.05) is 5.32 Å². The Labute approximate surface area is 136 Å². The molecule has 3 aromatic heterocycles. The third-order valence-electron chi connectivity index (χ3n) is 3.54. The van der Waals surface area contributed by atoms with Gasteiger partial charge >= 0.3 is 0 Å². The summed E-state index contributed by atoms with van der Waals surface area (Å²) in [6.07, 6.45) is 4.86. The van der Waals surface area contributed by atoms with Crippen molar-refractivity contribution in [3.63, 3.8) is 0 Å². The summed E-state index contributed by atoms with van der Waals surface area (Å²) in [4.78, 5) is 12.5. The Hall–Kier alpha value is -2.80. The van der Waals surface area contributed by atoms with E-state index in [-0.39, 0.29) is 0 Å². The minimum absolute atomic E-state index is 0.730. The van der Waals surface area contributed by atoms with Crippen LogP contribution in [0.1, 0.15) is 11.1 Å². The molecule has 1 N–H and O–H groups in total. The fourth-order valence-corrected chi connectivity index (χ4v) is 3.18. The molecule has 4 aromatic rings. The number of thiophene rings is 1. The average molecular weight is 322 g/mol. The molecule has 0 aliphatic carbocycles. The van der Waals surface area contributed by atoms with Crippen LogP contribution in [0, 0.1) is 0 Å². The van der Waals surface area contributed by atoms with E-state index < -0.39 is 0 Å². The van der Waals surface area contributed by atoms with E-state index in [2.05, 4.69) is 49.6 Å². The highest BCUT2D eigenvalue weighted by atomic mass is 32.1. The first kappa shape index (κ1) is 13.8. The molecule has 0 atom stereocenters. The fraction of sp³-hybridized carbons (Fsp3) is 0.125. The maximum atomic E-state index is 4.33. The van der Waals surface area contributed by atoms with Gasteiger partial charge in [-0.1, -0.05) is 24.3 Å². The number of fused-ring (bicyclic) bond motifs is 1. The lowest BCUT2D eigenvalue weighted by molar-refractivity contribution is 0.684. The van der Waals surface area contributed by atoms with Crippen molar-refractivity contribution in [2.24, 2.45) is 0 Å². The van der Waals surface area contributed by atoms with Crippen LogP contribution in [0.2, 0.25) is 0 Å². The summed E-state index contributed by atoms with van der Waals surface area (Å²) in [6, 6.07) is 10.5. The quantitative estimate of drug-likeness (QED) is 0.612. The summed E-state index contributed by atoms with van der Waals surface area (Å²) in [7, 11) is 0. The number of rotatable bonds is 5. The lowest BCUT2D eigenvalue weighted by atomic mass is 10.1. The van der Waals surface area contributed by atoms with E-state index in [9.17, 15) is 0 Å². The summed E-state index contributed by atoms with van der Waals surface area (Å²) < 4.78 is 2.90. The SMILES string of the molecule is c1nc(NCc2ccc(Cn3cncn3)cc2)c2sccc2n1. The number of benzene rings is 1. The molecule has 3 heterocycles. The van der Waals surface area contributed by atoms with Crippen molar-refractivity contribution >= 4 is 27.4 Å². The van der Waals surface area contributed by atoms with Crippen molar-refractivity contribution in [1.82, 2.24) is 24.7 Å². The van der Waals surface area contributed by atoms with E-state index in [1.807, 2.05) is 16.1 Å². The van der Waals surface area contributed by atoms with Crippen molar-refractivity contribution in [1.29, 1.82) is 0 Å². The second kappa shape index (κ2) is 6.13. The van der Waals surface area contributed by atoms with Crippen LogP contribution < -0.4 is 5.32 Å². The zero-order valence-electron chi connectivity index (χ0n) is 12.3. The van der Waals surface area contributed by atoms with Crippen LogP contribution in [0.25, 0.3) is 10.2 Å². The topological polar surface area (TPSA) is 68.5 Å². The van der Waals surface area contributed by atoms with Gasteiger partial charge in [0.1, 0.15) is 24.8 Å². The van der Waals surface area contributed by atoms with E-state index in [4.69, 9.17) is 0 Å². The largest absolute Gasteiger partial charge is 0.365 e. The lowest BCUT2D eigenvalue weighted by Gasteiger charge is -2.07. The first-order chi connectivity index (χ1) is 11.4. The van der Waals surface area contributed by atoms with Gasteiger partial charge in [-0.25, -0.2) is 19.6 Å². The van der Waals surface area contributed by atoms with Crippen LogP contribution in [0.4, 0.5) is 5.82 Å². The molecule has 0 saturated heterocycles. The van der Waals surface area contributed by atoms with Crippen molar-refractivity contribution < 1.29 is 0 Å². The Balaban J connectivity index is 1.44. The monoisotopic (exact) mass is 322 g/mol. The van der Waals surface area contributed by atoms with Crippen LogP contribution in [0.5, 0.6) is 0 Å². The zero-order chi connectivity index (χ0) is 15.5. The minimum Gasteiger partial charge on any atom is -0.365 e. The van der Waals surface area contributed by atoms with Gasteiger partial charge in [0.15, 0.2) is 0 Å². The molecule has 0 spiro atoms. The van der Waals surface area contributed by atoms with Crippen LogP contribution >= 0.6 is 11.3 Å². The molecule has 1 aromatic carbocycles. The highest BCUT2D eigenvalue weighted by molar-refractivity contribution is 7.17. The molecule has 0 unspecified atom stereocenters. The minimum atomic E-state index is 0.730. The molecule has 114 valence electrons. The van der Waals surface area contributed by atoms with Gasteiger partial charge in [-0.3, -0.25) is 0 Å². The van der Waals surface area contributed by atoms with Gasteiger partial charge in [-0.15, -0.1) is 11.3 Å². The van der Waals surface area contributed by atoms with Gasteiger partial charge in [0.05, 0.1) is 16.8 Å². The third kappa shape index (κ3) is 3.04. The molecule has 0 aliphatic rings. The van der Waals surface area contributed by atoms with Crippen LogP contribution in [-0.4, -0.2) is 24.7 Å². The molecular formula is C16H14N6S. The molecule has 6 nitrogen and oxygen atoms in total. The number of hydrogen-bond donors (Lipinski definition) is 1. The summed E-state index contributed by atoms with van der Waals surface area (Å²) in [6.45, 7) is 1.46. The number of anilines is 1. The molecule has 0 bridgehead atoms. The molecule has 23 heavy (non-hydrogen) atoms. The predicted molar refractivity (Wildman–Crippen MR) is 90.3 cm³/mol. The maximum absolute atomic E-state index is 4.33. The molecule has 0 saturated carbocycles. The Bertz CT molecular complexity index is 898. The van der Waals surface area contributed by atoms with Gasteiger partial charge in [0.2, 0.25) is 0 Å². The normalized spacial score (nSPS) is 11.0. The standard InChI is InChI=1S/C16H14N6S/c1-3-13(8-22-11-17-9-21-22)4-2-12(1)7-18-16-15-14(5-6-23-15)19-10-20-16/h1-6,9-11H,7-8H2,(H,18,19,20). The van der Waals surface area contributed by atoms with Gasteiger partial charge in [-0.2, -0.15) is 5.10 Å². The molecule has 0 aliphatic heterocycles. The molecule has 0 fully saturated rings. The van der Waals surface area contributed by atoms with Crippen molar-refractivity contribution in [3.8, 4) is 0 Å². The van der Waals surface area contributed by atoms with E-state index in [0.29, 0.717) is 0 Å². The van der Waals surface area contributed by atoms with Crippen LogP contribution in [-0.2, 0) is 13.1 Å². The van der Waals surface area contributed by atoms with Gasteiger partial charge in [0.25, 0.3) is 0 Å². The van der Waals surface area contributed by atoms with Gasteiger partial charge < -0.3 is 5.32 Å². The molecule has 4 rings (SSSR count). The van der Waals surface area contributed by atoms with E-state index >= 15 is 0 Å². The second-order valence-corrected chi connectivity index (χ2v) is 6.04. The first-order valence-electron chi connectivity index (χ1n) is 7.21. The Morgan fingerprint density at radius 2 is 1.87 bits per heavy atom. The zero-order valence-corrected chi connectivity index (χ0v) is 13.1. The smallest absolute Gasteiger partial charge is 0.147 e. The third-order valence-corrected chi connectivity index (χ3v) is 4.45. The summed E-state index contributed by atoms with van der Waals surface area (Å²) in [5.41, 5.74) is 3.38. The first-order valence-corrected chi connectivity index (χ1v) is 8.09. The number of hydrogen-bond acceptors (Lipinski definition) is 6. The van der Waals surface area contributed by atoms with E-state index in [1.165, 1.54) is 11.1 Å². The fourth-order valence-electron chi connectivity index (χ4n) is 2.36. The lowest BCUT2D eigenvalue weighted by Crippen LogP contribution is -2.03. The van der Waals surface area contributed by atoms with Crippen LogP contribution in [0.3, 0.4) is 0 Å². The highest BCUT2D eigenvalue weighted by Crippen LogP contribution is 2.25.